The molecule has 0 aliphatic carbocycles. The zero-order valence-electron chi connectivity index (χ0n) is 17.9. The van der Waals surface area contributed by atoms with E-state index in [1.54, 1.807) is 7.11 Å². The van der Waals surface area contributed by atoms with Gasteiger partial charge in [0.25, 0.3) is 0 Å². The Labute approximate surface area is 174 Å². The Kier molecular flexibility index (Phi) is 6.93. The van der Waals surface area contributed by atoms with Crippen molar-refractivity contribution in [3.8, 4) is 5.75 Å². The van der Waals surface area contributed by atoms with E-state index in [-0.39, 0.29) is 23.7 Å². The molecule has 1 aliphatic rings. The quantitative estimate of drug-likeness (QED) is 0.772. The number of nitrogens with zero attached hydrogens (tertiary/aromatic N) is 1. The third kappa shape index (κ3) is 6.05. The van der Waals surface area contributed by atoms with Crippen LogP contribution in [0.1, 0.15) is 45.2 Å². The van der Waals surface area contributed by atoms with E-state index in [0.717, 1.165) is 42.9 Å². The summed E-state index contributed by atoms with van der Waals surface area (Å²) >= 11 is 0. The van der Waals surface area contributed by atoms with Crippen molar-refractivity contribution in [1.29, 1.82) is 0 Å². The molecule has 5 heteroatoms. The second-order valence-electron chi connectivity index (χ2n) is 8.50. The summed E-state index contributed by atoms with van der Waals surface area (Å²) in [5, 5.41) is 3.07. The molecule has 0 saturated carbocycles. The predicted molar refractivity (Wildman–Crippen MR) is 116 cm³/mol. The highest BCUT2D eigenvalue weighted by molar-refractivity contribution is 5.95. The van der Waals surface area contributed by atoms with Crippen LogP contribution in [0.15, 0.2) is 54.6 Å². The molecule has 0 spiro atoms. The molecule has 1 N–H and O–H groups in total. The van der Waals surface area contributed by atoms with Crippen molar-refractivity contribution in [2.75, 3.05) is 25.5 Å². The van der Waals surface area contributed by atoms with Gasteiger partial charge in [0, 0.05) is 18.8 Å². The molecule has 1 atom stereocenters. The van der Waals surface area contributed by atoms with Crippen LogP contribution in [0.2, 0.25) is 0 Å². The number of likely N-dealkylation sites (tertiary alicyclic amines) is 1. The normalized spacial score (nSPS) is 17.0. The number of hydrogen-bond donors (Lipinski definition) is 1. The lowest BCUT2D eigenvalue weighted by Crippen LogP contribution is -2.45. The van der Waals surface area contributed by atoms with Crippen LogP contribution >= 0.6 is 0 Å². The van der Waals surface area contributed by atoms with Crippen LogP contribution in [0.25, 0.3) is 0 Å². The summed E-state index contributed by atoms with van der Waals surface area (Å²) in [5.74, 6) is 0.750. The number of ether oxygens (including phenoxy) is 2. The summed E-state index contributed by atoms with van der Waals surface area (Å²) in [5.41, 5.74) is 1.63. The van der Waals surface area contributed by atoms with E-state index >= 15 is 0 Å². The van der Waals surface area contributed by atoms with Crippen LogP contribution in [0, 0.1) is 0 Å². The number of amides is 1. The molecule has 2 aromatic rings. The number of carbonyl (C=O) groups excluding carboxylic acids is 1. The van der Waals surface area contributed by atoms with Gasteiger partial charge >= 0.3 is 0 Å². The Bertz CT molecular complexity index is 776. The SMILES string of the molecule is COc1ccc(NC(=O)C(c2ccccc2)N2CCC(OC(C)(C)C)CC2)cc1. The highest BCUT2D eigenvalue weighted by Gasteiger charge is 2.32. The van der Waals surface area contributed by atoms with Gasteiger partial charge in [0.1, 0.15) is 11.8 Å². The van der Waals surface area contributed by atoms with Crippen LogP contribution in [-0.2, 0) is 9.53 Å². The van der Waals surface area contributed by atoms with Crippen molar-refractivity contribution >= 4 is 11.6 Å². The standard InChI is InChI=1S/C24H32N2O3/c1-24(2,3)29-21-14-16-26(17-15-21)22(18-8-6-5-7-9-18)23(27)25-19-10-12-20(28-4)13-11-19/h5-13,21-22H,14-17H2,1-4H3,(H,25,27). The molecule has 0 radical (unpaired) electrons. The molecule has 0 aromatic heterocycles. The third-order valence-electron chi connectivity index (χ3n) is 5.08. The molecular weight excluding hydrogens is 364 g/mol. The third-order valence-corrected chi connectivity index (χ3v) is 5.08. The molecule has 29 heavy (non-hydrogen) atoms. The van der Waals surface area contributed by atoms with Gasteiger partial charge in [-0.2, -0.15) is 0 Å². The number of benzene rings is 2. The van der Waals surface area contributed by atoms with Gasteiger partial charge in [-0.1, -0.05) is 30.3 Å². The van der Waals surface area contributed by atoms with Crippen molar-refractivity contribution in [1.82, 2.24) is 4.90 Å². The largest absolute Gasteiger partial charge is 0.497 e. The van der Waals surface area contributed by atoms with Crippen molar-refractivity contribution in [2.24, 2.45) is 0 Å². The number of anilines is 1. The Balaban J connectivity index is 1.72. The highest BCUT2D eigenvalue weighted by Crippen LogP contribution is 2.29. The molecule has 1 amide bonds. The first-order valence-electron chi connectivity index (χ1n) is 10.3. The molecule has 156 valence electrons. The fraction of sp³-hybridized carbons (Fsp3) is 0.458. The van der Waals surface area contributed by atoms with Crippen molar-refractivity contribution < 1.29 is 14.3 Å². The first-order valence-corrected chi connectivity index (χ1v) is 10.3. The minimum absolute atomic E-state index is 0.0171. The maximum Gasteiger partial charge on any atom is 0.246 e. The van der Waals surface area contributed by atoms with E-state index in [1.807, 2.05) is 54.6 Å². The smallest absolute Gasteiger partial charge is 0.246 e. The maximum atomic E-state index is 13.3. The van der Waals surface area contributed by atoms with Gasteiger partial charge < -0.3 is 14.8 Å². The Hall–Kier alpha value is -2.37. The molecule has 1 heterocycles. The van der Waals surface area contributed by atoms with Gasteiger partial charge in [-0.05, 0) is 63.4 Å². The lowest BCUT2D eigenvalue weighted by molar-refractivity contribution is -0.124. The summed E-state index contributed by atoms with van der Waals surface area (Å²) in [6, 6.07) is 17.1. The van der Waals surface area contributed by atoms with Crippen molar-refractivity contribution in [3.63, 3.8) is 0 Å². The van der Waals surface area contributed by atoms with Crippen molar-refractivity contribution in [3.05, 3.63) is 60.2 Å². The van der Waals surface area contributed by atoms with Crippen LogP contribution in [0.3, 0.4) is 0 Å². The monoisotopic (exact) mass is 396 g/mol. The molecule has 1 saturated heterocycles. The number of nitrogens with one attached hydrogen (secondary N) is 1. The summed E-state index contributed by atoms with van der Waals surface area (Å²) in [4.78, 5) is 15.5. The van der Waals surface area contributed by atoms with Crippen molar-refractivity contribution in [2.45, 2.75) is 51.4 Å². The molecule has 1 fully saturated rings. The Morgan fingerprint density at radius 3 is 2.21 bits per heavy atom. The first-order chi connectivity index (χ1) is 13.9. The van der Waals surface area contributed by atoms with Crippen LogP contribution < -0.4 is 10.1 Å². The van der Waals surface area contributed by atoms with Gasteiger partial charge in [-0.15, -0.1) is 0 Å². The molecule has 3 rings (SSSR count). The second-order valence-corrected chi connectivity index (χ2v) is 8.50. The van der Waals surface area contributed by atoms with E-state index in [0.29, 0.717) is 0 Å². The topological polar surface area (TPSA) is 50.8 Å². The van der Waals surface area contributed by atoms with Gasteiger partial charge in [0.2, 0.25) is 5.91 Å². The summed E-state index contributed by atoms with van der Waals surface area (Å²) < 4.78 is 11.3. The summed E-state index contributed by atoms with van der Waals surface area (Å²) in [7, 11) is 1.63. The minimum Gasteiger partial charge on any atom is -0.497 e. The highest BCUT2D eigenvalue weighted by atomic mass is 16.5. The van der Waals surface area contributed by atoms with E-state index < -0.39 is 0 Å². The van der Waals surface area contributed by atoms with E-state index in [1.165, 1.54) is 0 Å². The summed E-state index contributed by atoms with van der Waals surface area (Å²) in [6.45, 7) is 7.93. The molecule has 1 aliphatic heterocycles. The second kappa shape index (κ2) is 9.42. The van der Waals surface area contributed by atoms with Crippen LogP contribution in [0.4, 0.5) is 5.69 Å². The number of rotatable bonds is 6. The van der Waals surface area contributed by atoms with Gasteiger partial charge in [0.05, 0.1) is 18.8 Å². The molecular formula is C24H32N2O3. The lowest BCUT2D eigenvalue weighted by Gasteiger charge is -2.39. The van der Waals surface area contributed by atoms with Gasteiger partial charge in [-0.3, -0.25) is 9.69 Å². The number of hydrogen-bond acceptors (Lipinski definition) is 4. The van der Waals surface area contributed by atoms with Gasteiger partial charge in [-0.25, -0.2) is 0 Å². The average Bonchev–Trinajstić information content (AvgIpc) is 2.70. The maximum absolute atomic E-state index is 13.3. The van der Waals surface area contributed by atoms with E-state index in [4.69, 9.17) is 9.47 Å². The zero-order chi connectivity index (χ0) is 20.9. The van der Waals surface area contributed by atoms with Crippen LogP contribution in [0.5, 0.6) is 5.75 Å². The van der Waals surface area contributed by atoms with E-state index in [9.17, 15) is 4.79 Å². The zero-order valence-corrected chi connectivity index (χ0v) is 17.9. The number of methoxy groups -OCH3 is 1. The van der Waals surface area contributed by atoms with E-state index in [2.05, 4.69) is 31.0 Å². The summed E-state index contributed by atoms with van der Waals surface area (Å²) in [6.07, 6.45) is 2.10. The lowest BCUT2D eigenvalue weighted by atomic mass is 9.99. The number of carbonyl (C=O) groups is 1. The molecule has 1 unspecified atom stereocenters. The number of piperidine rings is 1. The van der Waals surface area contributed by atoms with Gasteiger partial charge in [0.15, 0.2) is 0 Å². The first kappa shape index (κ1) is 21.3. The Morgan fingerprint density at radius 1 is 1.03 bits per heavy atom. The fourth-order valence-electron chi connectivity index (χ4n) is 3.80. The average molecular weight is 397 g/mol. The molecule has 5 nitrogen and oxygen atoms in total. The predicted octanol–water partition coefficient (Wildman–Crippen LogP) is 4.65. The molecule has 2 aromatic carbocycles. The minimum atomic E-state index is -0.325. The molecule has 0 bridgehead atoms. The fourth-order valence-corrected chi connectivity index (χ4v) is 3.80. The van der Waals surface area contributed by atoms with Crippen LogP contribution in [-0.4, -0.2) is 42.7 Å². The Morgan fingerprint density at radius 2 is 1.66 bits per heavy atom.